The van der Waals surface area contributed by atoms with Gasteiger partial charge >= 0.3 is 0 Å². The largest absolute Gasteiger partial charge is 0.497 e. The third kappa shape index (κ3) is 4.04. The zero-order chi connectivity index (χ0) is 20.1. The van der Waals surface area contributed by atoms with Gasteiger partial charge in [0.15, 0.2) is 11.5 Å². The Morgan fingerprint density at radius 2 is 1.64 bits per heavy atom. The van der Waals surface area contributed by atoms with Gasteiger partial charge in [-0.05, 0) is 35.9 Å². The molecule has 28 heavy (non-hydrogen) atoms. The number of aromatic nitrogens is 2. The van der Waals surface area contributed by atoms with Crippen LogP contribution in [0, 0.1) is 0 Å². The molecular weight excluding hydrogens is 384 g/mol. The number of ether oxygens (including phenoxy) is 4. The second-order valence-corrected chi connectivity index (χ2v) is 6.00. The number of benzene rings is 2. The molecule has 0 unspecified atom stereocenters. The molecule has 3 aromatic rings. The molecule has 1 aromatic heterocycles. The predicted molar refractivity (Wildman–Crippen MR) is 106 cm³/mol. The van der Waals surface area contributed by atoms with Crippen molar-refractivity contribution in [2.45, 2.75) is 0 Å². The fraction of sp³-hybridized carbons (Fsp3) is 0.200. The van der Waals surface area contributed by atoms with Crippen molar-refractivity contribution in [3.8, 4) is 34.5 Å². The summed E-state index contributed by atoms with van der Waals surface area (Å²) in [5.41, 5.74) is 1.45. The molecular formula is C20H19ClN2O5. The van der Waals surface area contributed by atoms with E-state index in [-0.39, 0.29) is 11.8 Å². The van der Waals surface area contributed by atoms with Crippen molar-refractivity contribution in [2.24, 2.45) is 0 Å². The van der Waals surface area contributed by atoms with Crippen molar-refractivity contribution in [1.29, 1.82) is 0 Å². The Morgan fingerprint density at radius 1 is 0.929 bits per heavy atom. The molecule has 0 atom stereocenters. The first-order valence-electron chi connectivity index (χ1n) is 8.25. The average molecular weight is 403 g/mol. The van der Waals surface area contributed by atoms with Crippen molar-refractivity contribution < 1.29 is 23.4 Å². The van der Waals surface area contributed by atoms with Crippen molar-refractivity contribution >= 4 is 22.7 Å². The van der Waals surface area contributed by atoms with Gasteiger partial charge in [-0.2, -0.15) is 0 Å². The number of hydrogen-bond donors (Lipinski definition) is 0. The fourth-order valence-electron chi connectivity index (χ4n) is 2.58. The van der Waals surface area contributed by atoms with E-state index in [2.05, 4.69) is 10.2 Å². The topological polar surface area (TPSA) is 75.8 Å². The van der Waals surface area contributed by atoms with Crippen LogP contribution in [0.3, 0.4) is 0 Å². The highest BCUT2D eigenvalue weighted by Crippen LogP contribution is 2.41. The minimum absolute atomic E-state index is 0.188. The van der Waals surface area contributed by atoms with Crippen LogP contribution in [0.15, 0.2) is 40.8 Å². The lowest BCUT2D eigenvalue weighted by Crippen LogP contribution is -1.95. The van der Waals surface area contributed by atoms with E-state index < -0.39 is 0 Å². The summed E-state index contributed by atoms with van der Waals surface area (Å²) in [5.74, 6) is 2.62. The first kappa shape index (κ1) is 19.6. The van der Waals surface area contributed by atoms with E-state index in [0.717, 1.165) is 11.3 Å². The maximum Gasteiger partial charge on any atom is 0.259 e. The minimum Gasteiger partial charge on any atom is -0.497 e. The van der Waals surface area contributed by atoms with Gasteiger partial charge in [-0.3, -0.25) is 0 Å². The van der Waals surface area contributed by atoms with Gasteiger partial charge in [0, 0.05) is 5.56 Å². The first-order chi connectivity index (χ1) is 13.6. The number of hydrogen-bond acceptors (Lipinski definition) is 7. The number of rotatable bonds is 7. The zero-order valence-electron chi connectivity index (χ0n) is 15.9. The molecule has 0 radical (unpaired) electrons. The highest BCUT2D eigenvalue weighted by molar-refractivity contribution is 6.50. The van der Waals surface area contributed by atoms with Gasteiger partial charge in [-0.15, -0.1) is 10.2 Å². The second kappa shape index (κ2) is 8.67. The SMILES string of the molecule is COc1cccc(/C=C(\Cl)c2nnc(-c3cc(OC)c(OC)c(OC)c3)o2)c1. The maximum absolute atomic E-state index is 6.36. The number of methoxy groups -OCH3 is 4. The Hall–Kier alpha value is -3.19. The lowest BCUT2D eigenvalue weighted by molar-refractivity contribution is 0.324. The monoisotopic (exact) mass is 402 g/mol. The number of nitrogens with zero attached hydrogens (tertiary/aromatic N) is 2. The molecule has 0 fully saturated rings. The van der Waals surface area contributed by atoms with Crippen molar-refractivity contribution in [2.75, 3.05) is 28.4 Å². The van der Waals surface area contributed by atoms with Gasteiger partial charge < -0.3 is 23.4 Å². The van der Waals surface area contributed by atoms with Crippen LogP contribution in [0.4, 0.5) is 0 Å². The van der Waals surface area contributed by atoms with Gasteiger partial charge in [0.2, 0.25) is 11.6 Å². The summed E-state index contributed by atoms with van der Waals surface area (Å²) in [6.45, 7) is 0. The molecule has 146 valence electrons. The lowest BCUT2D eigenvalue weighted by atomic mass is 10.2. The molecule has 8 heteroatoms. The minimum atomic E-state index is 0.188. The second-order valence-electron chi connectivity index (χ2n) is 5.60. The molecule has 0 amide bonds. The van der Waals surface area contributed by atoms with Crippen LogP contribution in [-0.4, -0.2) is 38.6 Å². The van der Waals surface area contributed by atoms with E-state index in [1.54, 1.807) is 25.3 Å². The maximum atomic E-state index is 6.36. The summed E-state index contributed by atoms with van der Waals surface area (Å²) in [5, 5.41) is 8.40. The molecule has 0 aliphatic carbocycles. The molecule has 0 saturated heterocycles. The first-order valence-corrected chi connectivity index (χ1v) is 8.63. The summed E-state index contributed by atoms with van der Waals surface area (Å²) in [6.07, 6.45) is 1.72. The Bertz CT molecular complexity index is 975. The summed E-state index contributed by atoms with van der Waals surface area (Å²) in [4.78, 5) is 0. The van der Waals surface area contributed by atoms with E-state index in [9.17, 15) is 0 Å². The van der Waals surface area contributed by atoms with Crippen molar-refractivity contribution in [3.05, 3.63) is 47.9 Å². The highest BCUT2D eigenvalue weighted by atomic mass is 35.5. The van der Waals surface area contributed by atoms with Crippen LogP contribution in [0.2, 0.25) is 0 Å². The fourth-order valence-corrected chi connectivity index (χ4v) is 2.78. The molecule has 0 saturated carbocycles. The van der Waals surface area contributed by atoms with Crippen LogP contribution >= 0.6 is 11.6 Å². The molecule has 0 bridgehead atoms. The van der Waals surface area contributed by atoms with Gasteiger partial charge in [0.25, 0.3) is 5.89 Å². The molecule has 7 nitrogen and oxygen atoms in total. The lowest BCUT2D eigenvalue weighted by Gasteiger charge is -2.12. The van der Waals surface area contributed by atoms with Crippen LogP contribution in [0.25, 0.3) is 22.6 Å². The van der Waals surface area contributed by atoms with Gasteiger partial charge in [0.05, 0.1) is 28.4 Å². The summed E-state index contributed by atoms with van der Waals surface area (Å²) in [6, 6.07) is 10.9. The Kier molecular flexibility index (Phi) is 6.06. The molecule has 1 heterocycles. The van der Waals surface area contributed by atoms with E-state index in [1.165, 1.54) is 21.3 Å². The molecule has 2 aromatic carbocycles. The van der Waals surface area contributed by atoms with Gasteiger partial charge in [-0.25, -0.2) is 0 Å². The van der Waals surface area contributed by atoms with E-state index in [1.807, 2.05) is 24.3 Å². The van der Waals surface area contributed by atoms with Gasteiger partial charge in [-0.1, -0.05) is 23.7 Å². The normalized spacial score (nSPS) is 11.2. The Morgan fingerprint density at radius 3 is 2.25 bits per heavy atom. The van der Waals surface area contributed by atoms with Crippen LogP contribution < -0.4 is 18.9 Å². The Labute approximate surface area is 167 Å². The highest BCUT2D eigenvalue weighted by Gasteiger charge is 2.18. The quantitative estimate of drug-likeness (QED) is 0.575. The summed E-state index contributed by atoms with van der Waals surface area (Å²) < 4.78 is 27.0. The average Bonchev–Trinajstić information content (AvgIpc) is 3.23. The van der Waals surface area contributed by atoms with Crippen LogP contribution in [0.1, 0.15) is 11.5 Å². The van der Waals surface area contributed by atoms with Gasteiger partial charge in [0.1, 0.15) is 10.8 Å². The zero-order valence-corrected chi connectivity index (χ0v) is 16.6. The van der Waals surface area contributed by atoms with Crippen molar-refractivity contribution in [1.82, 2.24) is 10.2 Å². The van der Waals surface area contributed by atoms with Crippen molar-refractivity contribution in [3.63, 3.8) is 0 Å². The van der Waals surface area contributed by atoms with Crippen LogP contribution in [0.5, 0.6) is 23.0 Å². The third-order valence-corrected chi connectivity index (χ3v) is 4.20. The van der Waals surface area contributed by atoms with E-state index in [0.29, 0.717) is 27.8 Å². The third-order valence-electron chi connectivity index (χ3n) is 3.93. The Balaban J connectivity index is 1.94. The number of halogens is 1. The smallest absolute Gasteiger partial charge is 0.259 e. The van der Waals surface area contributed by atoms with Crippen LogP contribution in [-0.2, 0) is 0 Å². The van der Waals surface area contributed by atoms with E-state index in [4.69, 9.17) is 35.0 Å². The summed E-state index contributed by atoms with van der Waals surface area (Å²) in [7, 11) is 6.21. The predicted octanol–water partition coefficient (Wildman–Crippen LogP) is 4.51. The molecule has 0 spiro atoms. The standard InChI is InChI=1S/C20H19ClN2O5/c1-24-14-7-5-6-12(8-14)9-15(21)20-23-22-19(28-20)13-10-16(25-2)18(27-4)17(11-13)26-3/h5-11H,1-4H3/b15-9-. The summed E-state index contributed by atoms with van der Waals surface area (Å²) >= 11 is 6.36. The molecule has 0 aliphatic heterocycles. The molecule has 0 aliphatic rings. The molecule has 3 rings (SSSR count). The van der Waals surface area contributed by atoms with E-state index >= 15 is 0 Å². The molecule has 0 N–H and O–H groups in total.